The molecular weight excluding hydrogens is 312 g/mol. The van der Waals surface area contributed by atoms with Crippen molar-refractivity contribution in [3.05, 3.63) is 29.8 Å². The van der Waals surface area contributed by atoms with Crippen molar-refractivity contribution in [2.24, 2.45) is 0 Å². The zero-order valence-electron chi connectivity index (χ0n) is 13.5. The number of carbonyl (C=O) groups excluding carboxylic acids is 2. The molecule has 0 bridgehead atoms. The predicted molar refractivity (Wildman–Crippen MR) is 92.8 cm³/mol. The van der Waals surface area contributed by atoms with Gasteiger partial charge in [-0.15, -0.1) is 11.8 Å². The molecule has 1 aromatic carbocycles. The zero-order valence-corrected chi connectivity index (χ0v) is 14.3. The van der Waals surface area contributed by atoms with Crippen LogP contribution in [0.15, 0.2) is 24.3 Å². The molecule has 2 rings (SSSR count). The van der Waals surface area contributed by atoms with E-state index in [0.717, 1.165) is 36.3 Å². The number of aryl methyl sites for hydroxylation is 1. The molecule has 0 radical (unpaired) electrons. The van der Waals surface area contributed by atoms with Gasteiger partial charge in [0.25, 0.3) is 0 Å². The Bertz CT molecular complexity index is 536. The zero-order chi connectivity index (χ0) is 16.5. The Morgan fingerprint density at radius 2 is 2.22 bits per heavy atom. The number of benzene rings is 1. The molecular formula is C17H24N2O3S. The third-order valence-corrected chi connectivity index (χ3v) is 4.60. The molecule has 126 valence electrons. The molecule has 2 amide bonds. The fraction of sp³-hybridized carbons (Fsp3) is 0.529. The molecule has 0 aromatic heterocycles. The number of rotatable bonds is 7. The highest BCUT2D eigenvalue weighted by atomic mass is 32.2. The first-order valence-corrected chi connectivity index (χ1v) is 9.15. The fourth-order valence-electron chi connectivity index (χ4n) is 2.41. The maximum absolute atomic E-state index is 11.9. The van der Waals surface area contributed by atoms with Gasteiger partial charge in [-0.2, -0.15) is 0 Å². The van der Waals surface area contributed by atoms with E-state index < -0.39 is 0 Å². The molecule has 0 saturated carbocycles. The molecule has 0 unspecified atom stereocenters. The third kappa shape index (κ3) is 6.14. The van der Waals surface area contributed by atoms with Crippen LogP contribution in [0.4, 0.5) is 0 Å². The molecule has 1 aromatic rings. The van der Waals surface area contributed by atoms with E-state index in [0.29, 0.717) is 18.9 Å². The van der Waals surface area contributed by atoms with Crippen molar-refractivity contribution in [1.82, 2.24) is 10.6 Å². The van der Waals surface area contributed by atoms with Gasteiger partial charge in [-0.1, -0.05) is 18.2 Å². The van der Waals surface area contributed by atoms with E-state index in [1.807, 2.05) is 31.2 Å². The molecule has 1 aliphatic heterocycles. The van der Waals surface area contributed by atoms with E-state index in [2.05, 4.69) is 10.6 Å². The van der Waals surface area contributed by atoms with Crippen molar-refractivity contribution in [2.45, 2.75) is 32.2 Å². The van der Waals surface area contributed by atoms with Gasteiger partial charge in [0, 0.05) is 12.3 Å². The summed E-state index contributed by atoms with van der Waals surface area (Å²) in [6.45, 7) is 3.27. The Balaban J connectivity index is 1.61. The van der Waals surface area contributed by atoms with E-state index in [9.17, 15) is 9.59 Å². The largest absolute Gasteiger partial charge is 0.492 e. The van der Waals surface area contributed by atoms with Gasteiger partial charge >= 0.3 is 0 Å². The van der Waals surface area contributed by atoms with Gasteiger partial charge < -0.3 is 15.4 Å². The first-order valence-electron chi connectivity index (χ1n) is 8.00. The summed E-state index contributed by atoms with van der Waals surface area (Å²) in [4.78, 5) is 23.7. The number of hydrogen-bond donors (Lipinski definition) is 2. The lowest BCUT2D eigenvalue weighted by atomic mass is 10.1. The van der Waals surface area contributed by atoms with E-state index in [-0.39, 0.29) is 17.9 Å². The first kappa shape index (κ1) is 17.7. The normalized spacial score (nSPS) is 18.0. The second-order valence-electron chi connectivity index (χ2n) is 5.57. The molecule has 1 fully saturated rings. The average Bonchev–Trinajstić information content (AvgIpc) is 2.74. The fourth-order valence-corrected chi connectivity index (χ4v) is 3.02. The minimum Gasteiger partial charge on any atom is -0.492 e. The summed E-state index contributed by atoms with van der Waals surface area (Å²) in [7, 11) is 0. The summed E-state index contributed by atoms with van der Waals surface area (Å²) in [5.74, 6) is 1.81. The monoisotopic (exact) mass is 336 g/mol. The lowest BCUT2D eigenvalue weighted by Crippen LogP contribution is -2.46. The molecule has 1 atom stereocenters. The Morgan fingerprint density at radius 1 is 1.39 bits per heavy atom. The number of ether oxygens (including phenoxy) is 1. The van der Waals surface area contributed by atoms with Crippen LogP contribution in [0, 0.1) is 6.92 Å². The Labute approximate surface area is 141 Å². The summed E-state index contributed by atoms with van der Waals surface area (Å²) in [6.07, 6.45) is 2.66. The van der Waals surface area contributed by atoms with Gasteiger partial charge in [-0.3, -0.25) is 9.59 Å². The molecule has 1 aliphatic rings. The van der Waals surface area contributed by atoms with Gasteiger partial charge in [0.2, 0.25) is 11.8 Å². The van der Waals surface area contributed by atoms with Crippen molar-refractivity contribution < 1.29 is 14.3 Å². The Hall–Kier alpha value is -1.69. The van der Waals surface area contributed by atoms with Crippen molar-refractivity contribution in [3.8, 4) is 5.75 Å². The van der Waals surface area contributed by atoms with Gasteiger partial charge in [-0.05, 0) is 37.8 Å². The van der Waals surface area contributed by atoms with Gasteiger partial charge in [0.1, 0.15) is 11.8 Å². The molecule has 6 heteroatoms. The van der Waals surface area contributed by atoms with Crippen LogP contribution in [0.5, 0.6) is 5.75 Å². The molecule has 2 N–H and O–H groups in total. The van der Waals surface area contributed by atoms with Crippen LogP contribution < -0.4 is 15.4 Å². The maximum atomic E-state index is 11.9. The molecule has 23 heavy (non-hydrogen) atoms. The van der Waals surface area contributed by atoms with Crippen molar-refractivity contribution in [1.29, 1.82) is 0 Å². The Kier molecular flexibility index (Phi) is 7.26. The van der Waals surface area contributed by atoms with E-state index in [1.165, 1.54) is 11.8 Å². The predicted octanol–water partition coefficient (Wildman–Crippen LogP) is 1.89. The highest BCUT2D eigenvalue weighted by Gasteiger charge is 2.21. The van der Waals surface area contributed by atoms with Gasteiger partial charge in [0.05, 0.1) is 12.4 Å². The molecule has 0 aliphatic carbocycles. The standard InChI is InChI=1S/C17H24N2O3S/c1-13-6-2-3-8-15(13)22-10-11-23-12-16(20)19-14-7-4-5-9-18-17(14)21/h2-3,6,8,14H,4-5,7,9-12H2,1H3,(H,18,21)(H,19,20)/t14-/m0/s1. The summed E-state index contributed by atoms with van der Waals surface area (Å²) in [6, 6.07) is 7.49. The maximum Gasteiger partial charge on any atom is 0.242 e. The number of amides is 2. The molecule has 0 spiro atoms. The summed E-state index contributed by atoms with van der Waals surface area (Å²) >= 11 is 1.51. The molecule has 1 saturated heterocycles. The van der Waals surface area contributed by atoms with Crippen LogP contribution in [0.2, 0.25) is 0 Å². The SMILES string of the molecule is Cc1ccccc1OCCSCC(=O)N[C@H]1CCCCNC1=O. The van der Waals surface area contributed by atoms with E-state index in [4.69, 9.17) is 4.74 Å². The van der Waals surface area contributed by atoms with Crippen LogP contribution in [0.1, 0.15) is 24.8 Å². The second-order valence-corrected chi connectivity index (χ2v) is 6.68. The van der Waals surface area contributed by atoms with E-state index in [1.54, 1.807) is 0 Å². The number of thioether (sulfide) groups is 1. The number of hydrogen-bond acceptors (Lipinski definition) is 4. The van der Waals surface area contributed by atoms with Crippen LogP contribution in [-0.4, -0.2) is 42.5 Å². The van der Waals surface area contributed by atoms with Crippen LogP contribution in [0.25, 0.3) is 0 Å². The van der Waals surface area contributed by atoms with Crippen LogP contribution in [0.3, 0.4) is 0 Å². The highest BCUT2D eigenvalue weighted by Crippen LogP contribution is 2.16. The van der Waals surface area contributed by atoms with Crippen LogP contribution in [-0.2, 0) is 9.59 Å². The van der Waals surface area contributed by atoms with E-state index >= 15 is 0 Å². The quantitative estimate of drug-likeness (QED) is 0.746. The van der Waals surface area contributed by atoms with Crippen molar-refractivity contribution in [2.75, 3.05) is 24.7 Å². The second kappa shape index (κ2) is 9.45. The van der Waals surface area contributed by atoms with Crippen molar-refractivity contribution in [3.63, 3.8) is 0 Å². The summed E-state index contributed by atoms with van der Waals surface area (Å²) < 4.78 is 5.69. The smallest absolute Gasteiger partial charge is 0.242 e. The molecule has 1 heterocycles. The first-order chi connectivity index (χ1) is 11.2. The average molecular weight is 336 g/mol. The minimum atomic E-state index is -0.381. The van der Waals surface area contributed by atoms with Crippen LogP contribution >= 0.6 is 11.8 Å². The highest BCUT2D eigenvalue weighted by molar-refractivity contribution is 7.99. The third-order valence-electron chi connectivity index (χ3n) is 3.68. The number of nitrogens with one attached hydrogen (secondary N) is 2. The topological polar surface area (TPSA) is 67.4 Å². The lowest BCUT2D eigenvalue weighted by molar-refractivity contribution is -0.127. The minimum absolute atomic E-state index is 0.0660. The number of para-hydroxylation sites is 1. The molecule has 5 nitrogen and oxygen atoms in total. The number of carbonyl (C=O) groups is 2. The summed E-state index contributed by atoms with van der Waals surface area (Å²) in [5, 5.41) is 5.63. The van der Waals surface area contributed by atoms with Gasteiger partial charge in [0.15, 0.2) is 0 Å². The summed E-state index contributed by atoms with van der Waals surface area (Å²) in [5.41, 5.74) is 1.11. The Morgan fingerprint density at radius 3 is 3.04 bits per heavy atom. The van der Waals surface area contributed by atoms with Gasteiger partial charge in [-0.25, -0.2) is 0 Å². The van der Waals surface area contributed by atoms with Crippen molar-refractivity contribution >= 4 is 23.6 Å². The lowest BCUT2D eigenvalue weighted by Gasteiger charge is -2.15.